The fourth-order valence-electron chi connectivity index (χ4n) is 3.43. The van der Waals surface area contributed by atoms with E-state index in [1.807, 2.05) is 49.4 Å². The Kier molecular flexibility index (Phi) is 6.17. The molecule has 1 N–H and O–H groups in total. The van der Waals surface area contributed by atoms with Crippen molar-refractivity contribution in [3.63, 3.8) is 0 Å². The van der Waals surface area contributed by atoms with Crippen molar-refractivity contribution in [3.05, 3.63) is 102 Å². The normalized spacial score (nSPS) is 11.3. The summed E-state index contributed by atoms with van der Waals surface area (Å²) in [6.07, 6.45) is 0. The number of carbonyl (C=O) groups is 1. The molecule has 0 fully saturated rings. The second-order valence-electron chi connectivity index (χ2n) is 7.41. The summed E-state index contributed by atoms with van der Waals surface area (Å²) in [5, 5.41) is 5.28. The van der Waals surface area contributed by atoms with Crippen molar-refractivity contribution in [2.75, 3.05) is 16.2 Å². The highest BCUT2D eigenvalue weighted by atomic mass is 35.5. The lowest BCUT2D eigenvalue weighted by Crippen LogP contribution is -2.38. The van der Waals surface area contributed by atoms with Crippen LogP contribution in [0.1, 0.15) is 5.56 Å². The third-order valence-electron chi connectivity index (χ3n) is 5.01. The van der Waals surface area contributed by atoms with E-state index in [-0.39, 0.29) is 11.4 Å². The van der Waals surface area contributed by atoms with Crippen LogP contribution in [-0.2, 0) is 14.8 Å². The Morgan fingerprint density at radius 2 is 1.59 bits per heavy atom. The van der Waals surface area contributed by atoms with E-state index >= 15 is 0 Å². The van der Waals surface area contributed by atoms with Gasteiger partial charge >= 0.3 is 0 Å². The second kappa shape index (κ2) is 9.02. The molecule has 0 aliphatic heterocycles. The van der Waals surface area contributed by atoms with E-state index in [4.69, 9.17) is 11.6 Å². The molecule has 0 heterocycles. The third kappa shape index (κ3) is 4.77. The Hall–Kier alpha value is -3.35. The first-order valence-electron chi connectivity index (χ1n) is 9.96. The summed E-state index contributed by atoms with van der Waals surface area (Å²) in [6, 6.07) is 26.3. The maximum Gasteiger partial charge on any atom is 0.264 e. The first kappa shape index (κ1) is 21.9. The lowest BCUT2D eigenvalue weighted by molar-refractivity contribution is -0.114. The Bertz CT molecular complexity index is 1390. The van der Waals surface area contributed by atoms with Crippen LogP contribution >= 0.6 is 11.6 Å². The van der Waals surface area contributed by atoms with Gasteiger partial charge in [0.15, 0.2) is 0 Å². The number of hydrogen-bond acceptors (Lipinski definition) is 3. The number of carbonyl (C=O) groups excluding carboxylic acids is 1. The molecule has 7 heteroatoms. The Morgan fingerprint density at radius 3 is 2.31 bits per heavy atom. The minimum absolute atomic E-state index is 0.0573. The molecule has 4 aromatic carbocycles. The zero-order valence-corrected chi connectivity index (χ0v) is 18.9. The largest absolute Gasteiger partial charge is 0.324 e. The first-order valence-corrected chi connectivity index (χ1v) is 11.8. The molecule has 5 nitrogen and oxygen atoms in total. The molecule has 162 valence electrons. The average molecular weight is 465 g/mol. The van der Waals surface area contributed by atoms with Gasteiger partial charge in [-0.15, -0.1) is 0 Å². The van der Waals surface area contributed by atoms with Gasteiger partial charge in [-0.2, -0.15) is 0 Å². The summed E-state index contributed by atoms with van der Waals surface area (Å²) < 4.78 is 28.0. The van der Waals surface area contributed by atoms with Gasteiger partial charge in [0.2, 0.25) is 5.91 Å². The highest BCUT2D eigenvalue weighted by Crippen LogP contribution is 2.26. The Balaban J connectivity index is 1.65. The van der Waals surface area contributed by atoms with Gasteiger partial charge in [0.25, 0.3) is 10.0 Å². The summed E-state index contributed by atoms with van der Waals surface area (Å²) in [5.74, 6) is -0.445. The maximum atomic E-state index is 13.4. The number of sulfonamides is 1. The average Bonchev–Trinajstić information content (AvgIpc) is 2.77. The number of anilines is 2. The van der Waals surface area contributed by atoms with Gasteiger partial charge in [-0.05, 0) is 71.8 Å². The van der Waals surface area contributed by atoms with Crippen LogP contribution in [0.4, 0.5) is 11.4 Å². The number of halogens is 1. The highest BCUT2D eigenvalue weighted by molar-refractivity contribution is 7.92. The first-order chi connectivity index (χ1) is 15.3. The maximum absolute atomic E-state index is 13.4. The molecule has 0 bridgehead atoms. The molecule has 4 aromatic rings. The van der Waals surface area contributed by atoms with Gasteiger partial charge in [-0.25, -0.2) is 8.42 Å². The topological polar surface area (TPSA) is 66.5 Å². The standard InChI is InChI=1S/C25H21ClN2O3S/c1-18-5-4-8-23(15-18)28(32(30,31)24-13-10-21(26)11-14-24)17-25(29)27-22-12-9-19-6-2-3-7-20(19)16-22/h2-16H,17H2,1H3,(H,27,29). The fraction of sp³-hybridized carbons (Fsp3) is 0.0800. The molecule has 0 aliphatic carbocycles. The minimum atomic E-state index is -4.00. The number of rotatable bonds is 6. The van der Waals surface area contributed by atoms with Crippen LogP contribution in [0, 0.1) is 6.92 Å². The van der Waals surface area contributed by atoms with Crippen LogP contribution in [0.3, 0.4) is 0 Å². The van der Waals surface area contributed by atoms with Crippen molar-refractivity contribution >= 4 is 49.7 Å². The molecular weight excluding hydrogens is 444 g/mol. The number of nitrogens with one attached hydrogen (secondary N) is 1. The molecule has 1 amide bonds. The van der Waals surface area contributed by atoms with Gasteiger partial charge in [0, 0.05) is 10.7 Å². The molecule has 0 atom stereocenters. The lowest BCUT2D eigenvalue weighted by Gasteiger charge is -2.24. The lowest BCUT2D eigenvalue weighted by atomic mass is 10.1. The van der Waals surface area contributed by atoms with E-state index in [9.17, 15) is 13.2 Å². The van der Waals surface area contributed by atoms with Crippen molar-refractivity contribution < 1.29 is 13.2 Å². The number of nitrogens with zero attached hydrogens (tertiary/aromatic N) is 1. The smallest absolute Gasteiger partial charge is 0.264 e. The quantitative estimate of drug-likeness (QED) is 0.401. The molecule has 0 saturated heterocycles. The van der Waals surface area contributed by atoms with Gasteiger partial charge in [0.1, 0.15) is 6.54 Å². The van der Waals surface area contributed by atoms with Crippen molar-refractivity contribution in [1.29, 1.82) is 0 Å². The Labute approximate surface area is 192 Å². The molecule has 4 rings (SSSR count). The molecular formula is C25H21ClN2O3S. The number of aryl methyl sites for hydroxylation is 1. The van der Waals surface area contributed by atoms with Crippen LogP contribution in [-0.4, -0.2) is 20.9 Å². The SMILES string of the molecule is Cc1cccc(N(CC(=O)Nc2ccc3ccccc3c2)S(=O)(=O)c2ccc(Cl)cc2)c1. The van der Waals surface area contributed by atoms with Crippen LogP contribution in [0.2, 0.25) is 5.02 Å². The summed E-state index contributed by atoms with van der Waals surface area (Å²) in [5.41, 5.74) is 1.89. The van der Waals surface area contributed by atoms with Gasteiger partial charge in [0.05, 0.1) is 10.6 Å². The van der Waals surface area contributed by atoms with E-state index in [1.165, 1.54) is 24.3 Å². The summed E-state index contributed by atoms with van der Waals surface area (Å²) in [6.45, 7) is 1.49. The molecule has 32 heavy (non-hydrogen) atoms. The van der Waals surface area contributed by atoms with Gasteiger partial charge < -0.3 is 5.32 Å². The van der Waals surface area contributed by atoms with E-state index < -0.39 is 15.9 Å². The molecule has 0 radical (unpaired) electrons. The second-order valence-corrected chi connectivity index (χ2v) is 9.71. The van der Waals surface area contributed by atoms with Crippen LogP contribution in [0.25, 0.3) is 10.8 Å². The van der Waals surface area contributed by atoms with Gasteiger partial charge in [-0.3, -0.25) is 9.10 Å². The van der Waals surface area contributed by atoms with Crippen LogP contribution in [0.15, 0.2) is 95.9 Å². The van der Waals surface area contributed by atoms with Crippen LogP contribution in [0.5, 0.6) is 0 Å². The van der Waals surface area contributed by atoms with Crippen molar-refractivity contribution in [1.82, 2.24) is 0 Å². The Morgan fingerprint density at radius 1 is 0.875 bits per heavy atom. The summed E-state index contributed by atoms with van der Waals surface area (Å²) in [7, 11) is -4.00. The van der Waals surface area contributed by atoms with E-state index in [0.717, 1.165) is 20.6 Å². The highest BCUT2D eigenvalue weighted by Gasteiger charge is 2.27. The fourth-order valence-corrected chi connectivity index (χ4v) is 4.97. The summed E-state index contributed by atoms with van der Waals surface area (Å²) in [4.78, 5) is 13.0. The van der Waals surface area contributed by atoms with E-state index in [2.05, 4.69) is 5.32 Å². The van der Waals surface area contributed by atoms with Crippen molar-refractivity contribution in [3.8, 4) is 0 Å². The predicted octanol–water partition coefficient (Wildman–Crippen LogP) is 5.64. The molecule has 0 aromatic heterocycles. The van der Waals surface area contributed by atoms with E-state index in [1.54, 1.807) is 24.3 Å². The zero-order valence-electron chi connectivity index (χ0n) is 17.3. The van der Waals surface area contributed by atoms with Crippen LogP contribution < -0.4 is 9.62 Å². The molecule has 0 spiro atoms. The number of hydrogen-bond donors (Lipinski definition) is 1. The van der Waals surface area contributed by atoms with E-state index in [0.29, 0.717) is 16.4 Å². The third-order valence-corrected chi connectivity index (χ3v) is 7.05. The van der Waals surface area contributed by atoms with Gasteiger partial charge in [-0.1, -0.05) is 54.1 Å². The molecule has 0 unspecified atom stereocenters. The summed E-state index contributed by atoms with van der Waals surface area (Å²) >= 11 is 5.92. The monoisotopic (exact) mass is 464 g/mol. The van der Waals surface area contributed by atoms with Crippen molar-refractivity contribution in [2.24, 2.45) is 0 Å². The minimum Gasteiger partial charge on any atom is -0.324 e. The number of fused-ring (bicyclic) bond motifs is 1. The molecule has 0 aliphatic rings. The molecule has 0 saturated carbocycles. The van der Waals surface area contributed by atoms with Crippen molar-refractivity contribution in [2.45, 2.75) is 11.8 Å². The predicted molar refractivity (Wildman–Crippen MR) is 130 cm³/mol. The number of benzene rings is 4. The number of amides is 1. The zero-order chi connectivity index (χ0) is 22.7.